The fourth-order valence-electron chi connectivity index (χ4n) is 0.948. The summed E-state index contributed by atoms with van der Waals surface area (Å²) in [5.74, 6) is -0.551. The molecule has 5 heteroatoms. The van der Waals surface area contributed by atoms with Gasteiger partial charge >= 0.3 is 5.97 Å². The van der Waals surface area contributed by atoms with Crippen molar-refractivity contribution in [2.24, 2.45) is 0 Å². The standard InChI is InChI=1S/C10H10BrFO3/c1-10(11,9(13)14-2)15-8-5-3-7(12)4-6-8/h3-6H,1-2H3. The lowest BCUT2D eigenvalue weighted by atomic mass is 10.3. The second-order valence-electron chi connectivity index (χ2n) is 2.96. The minimum Gasteiger partial charge on any atom is -0.465 e. The van der Waals surface area contributed by atoms with Crippen LogP contribution in [-0.4, -0.2) is 17.6 Å². The number of methoxy groups -OCH3 is 1. The van der Waals surface area contributed by atoms with Crippen LogP contribution in [0.15, 0.2) is 24.3 Å². The number of hydrogen-bond donors (Lipinski definition) is 0. The SMILES string of the molecule is COC(=O)C(C)(Br)Oc1ccc(F)cc1. The van der Waals surface area contributed by atoms with Gasteiger partial charge in [0.1, 0.15) is 11.6 Å². The third-order valence-corrected chi connectivity index (χ3v) is 2.16. The molecule has 0 heterocycles. The van der Waals surface area contributed by atoms with Crippen molar-refractivity contribution in [1.82, 2.24) is 0 Å². The average molecular weight is 277 g/mol. The maximum atomic E-state index is 12.6. The molecule has 0 bridgehead atoms. The van der Waals surface area contributed by atoms with Gasteiger partial charge in [-0.25, -0.2) is 9.18 Å². The molecule has 1 unspecified atom stereocenters. The third kappa shape index (κ3) is 3.20. The molecule has 0 fully saturated rings. The van der Waals surface area contributed by atoms with E-state index in [1.807, 2.05) is 0 Å². The van der Waals surface area contributed by atoms with E-state index in [0.29, 0.717) is 5.75 Å². The van der Waals surface area contributed by atoms with Gasteiger partial charge in [-0.2, -0.15) is 0 Å². The Hall–Kier alpha value is -1.10. The smallest absolute Gasteiger partial charge is 0.361 e. The van der Waals surface area contributed by atoms with Crippen LogP contribution in [-0.2, 0) is 9.53 Å². The van der Waals surface area contributed by atoms with Gasteiger partial charge in [0.2, 0.25) is 0 Å². The molecule has 1 rings (SSSR count). The fraction of sp³-hybridized carbons (Fsp3) is 0.300. The lowest BCUT2D eigenvalue weighted by Crippen LogP contribution is -2.35. The van der Waals surface area contributed by atoms with E-state index in [4.69, 9.17) is 4.74 Å². The molecular formula is C10H10BrFO3. The number of alkyl halides is 1. The average Bonchev–Trinajstić information content (AvgIpc) is 2.20. The Balaban J connectivity index is 2.77. The molecule has 0 aliphatic carbocycles. The molecule has 0 radical (unpaired) electrons. The molecule has 0 saturated heterocycles. The van der Waals surface area contributed by atoms with Gasteiger partial charge in [-0.05, 0) is 47.1 Å². The van der Waals surface area contributed by atoms with Crippen molar-refractivity contribution in [2.45, 2.75) is 11.4 Å². The Morgan fingerprint density at radius 3 is 2.40 bits per heavy atom. The van der Waals surface area contributed by atoms with Crippen LogP contribution >= 0.6 is 15.9 Å². The van der Waals surface area contributed by atoms with E-state index >= 15 is 0 Å². The Morgan fingerprint density at radius 1 is 1.40 bits per heavy atom. The second kappa shape index (κ2) is 4.61. The zero-order chi connectivity index (χ0) is 11.5. The summed E-state index contributed by atoms with van der Waals surface area (Å²) >= 11 is 3.07. The van der Waals surface area contributed by atoms with Gasteiger partial charge in [0.15, 0.2) is 0 Å². The number of carbonyl (C=O) groups excluding carboxylic acids is 1. The molecule has 0 aliphatic rings. The summed E-state index contributed by atoms with van der Waals surface area (Å²) in [5.41, 5.74) is 0. The fourth-order valence-corrected chi connectivity index (χ4v) is 1.30. The first-order valence-corrected chi connectivity index (χ1v) is 4.97. The lowest BCUT2D eigenvalue weighted by Gasteiger charge is -2.21. The van der Waals surface area contributed by atoms with E-state index in [0.717, 1.165) is 0 Å². The van der Waals surface area contributed by atoms with Gasteiger partial charge < -0.3 is 9.47 Å². The van der Waals surface area contributed by atoms with Gasteiger partial charge in [-0.15, -0.1) is 0 Å². The summed E-state index contributed by atoms with van der Waals surface area (Å²) in [5, 5.41) is 0. The van der Waals surface area contributed by atoms with Gasteiger partial charge in [-0.1, -0.05) is 0 Å². The highest BCUT2D eigenvalue weighted by Crippen LogP contribution is 2.24. The number of benzene rings is 1. The molecule has 0 amide bonds. The van der Waals surface area contributed by atoms with Crippen LogP contribution in [0.3, 0.4) is 0 Å². The monoisotopic (exact) mass is 276 g/mol. The van der Waals surface area contributed by atoms with Gasteiger partial charge in [0.25, 0.3) is 4.51 Å². The van der Waals surface area contributed by atoms with Crippen LogP contribution in [0.2, 0.25) is 0 Å². The molecule has 15 heavy (non-hydrogen) atoms. The summed E-state index contributed by atoms with van der Waals surface area (Å²) in [7, 11) is 1.26. The van der Waals surface area contributed by atoms with Crippen molar-refractivity contribution in [2.75, 3.05) is 7.11 Å². The summed E-state index contributed by atoms with van der Waals surface area (Å²) in [6.07, 6.45) is 0. The van der Waals surface area contributed by atoms with Crippen molar-refractivity contribution in [3.63, 3.8) is 0 Å². The normalized spacial score (nSPS) is 14.1. The predicted molar refractivity (Wildman–Crippen MR) is 56.4 cm³/mol. The predicted octanol–water partition coefficient (Wildman–Crippen LogP) is 2.49. The topological polar surface area (TPSA) is 35.5 Å². The van der Waals surface area contributed by atoms with Crippen molar-refractivity contribution < 1.29 is 18.7 Å². The first-order chi connectivity index (χ1) is 6.95. The van der Waals surface area contributed by atoms with Crippen LogP contribution in [0.5, 0.6) is 5.75 Å². The molecule has 0 saturated carbocycles. The largest absolute Gasteiger partial charge is 0.465 e. The van der Waals surface area contributed by atoms with Crippen LogP contribution in [0.1, 0.15) is 6.92 Å². The van der Waals surface area contributed by atoms with Crippen molar-refractivity contribution in [1.29, 1.82) is 0 Å². The first kappa shape index (κ1) is 12.0. The maximum Gasteiger partial charge on any atom is 0.361 e. The number of halogens is 2. The Bertz CT molecular complexity index is 348. The van der Waals surface area contributed by atoms with E-state index in [1.165, 1.54) is 38.3 Å². The van der Waals surface area contributed by atoms with Gasteiger partial charge in [0, 0.05) is 0 Å². The van der Waals surface area contributed by atoms with Gasteiger partial charge in [-0.3, -0.25) is 0 Å². The molecule has 1 aromatic rings. The van der Waals surface area contributed by atoms with Crippen molar-refractivity contribution in [3.05, 3.63) is 30.1 Å². The van der Waals surface area contributed by atoms with E-state index in [1.54, 1.807) is 0 Å². The van der Waals surface area contributed by atoms with Gasteiger partial charge in [0.05, 0.1) is 7.11 Å². The Labute approximate surface area is 95.3 Å². The van der Waals surface area contributed by atoms with Crippen molar-refractivity contribution >= 4 is 21.9 Å². The quantitative estimate of drug-likeness (QED) is 0.629. The zero-order valence-electron chi connectivity index (χ0n) is 8.29. The summed E-state index contributed by atoms with van der Waals surface area (Å²) in [6.45, 7) is 1.50. The summed E-state index contributed by atoms with van der Waals surface area (Å²) in [4.78, 5) is 11.2. The van der Waals surface area contributed by atoms with E-state index in [-0.39, 0.29) is 5.82 Å². The molecule has 3 nitrogen and oxygen atoms in total. The highest BCUT2D eigenvalue weighted by molar-refractivity contribution is 9.10. The molecule has 0 N–H and O–H groups in total. The molecule has 0 aromatic heterocycles. The molecule has 1 atom stereocenters. The lowest BCUT2D eigenvalue weighted by molar-refractivity contribution is -0.149. The third-order valence-electron chi connectivity index (χ3n) is 1.67. The van der Waals surface area contributed by atoms with Crippen molar-refractivity contribution in [3.8, 4) is 5.75 Å². The highest BCUT2D eigenvalue weighted by Gasteiger charge is 2.33. The Kier molecular flexibility index (Phi) is 3.68. The van der Waals surface area contributed by atoms with E-state index < -0.39 is 10.5 Å². The molecule has 0 spiro atoms. The van der Waals surface area contributed by atoms with Crippen LogP contribution < -0.4 is 4.74 Å². The first-order valence-electron chi connectivity index (χ1n) is 4.17. The minimum atomic E-state index is -1.26. The number of ether oxygens (including phenoxy) is 2. The number of carbonyl (C=O) groups is 1. The van der Waals surface area contributed by atoms with Crippen LogP contribution in [0.25, 0.3) is 0 Å². The van der Waals surface area contributed by atoms with Crippen LogP contribution in [0.4, 0.5) is 4.39 Å². The zero-order valence-corrected chi connectivity index (χ0v) is 9.88. The Morgan fingerprint density at radius 2 is 1.93 bits per heavy atom. The number of esters is 1. The molecular weight excluding hydrogens is 267 g/mol. The van der Waals surface area contributed by atoms with E-state index in [9.17, 15) is 9.18 Å². The maximum absolute atomic E-state index is 12.6. The molecule has 82 valence electrons. The second-order valence-corrected chi connectivity index (χ2v) is 4.48. The molecule has 1 aromatic carbocycles. The summed E-state index contributed by atoms with van der Waals surface area (Å²) in [6, 6.07) is 5.35. The summed E-state index contributed by atoms with van der Waals surface area (Å²) < 4.78 is 21.1. The van der Waals surface area contributed by atoms with Crippen LogP contribution in [0, 0.1) is 5.82 Å². The number of hydrogen-bond acceptors (Lipinski definition) is 3. The highest BCUT2D eigenvalue weighted by atomic mass is 79.9. The minimum absolute atomic E-state index is 0.364. The molecule has 0 aliphatic heterocycles. The number of rotatable bonds is 3. The van der Waals surface area contributed by atoms with E-state index in [2.05, 4.69) is 20.7 Å².